The van der Waals surface area contributed by atoms with E-state index in [-0.39, 0.29) is 55.9 Å². The highest BCUT2D eigenvalue weighted by molar-refractivity contribution is 5.41. The zero-order chi connectivity index (χ0) is 23.2. The Hall–Kier alpha value is -3.42. The molecule has 0 saturated heterocycles. The number of rotatable bonds is 11. The maximum absolute atomic E-state index is 9.18. The second-order valence-corrected chi connectivity index (χ2v) is 5.05. The third-order valence-electron chi connectivity index (χ3n) is 3.07. The van der Waals surface area contributed by atoms with Crippen LogP contribution in [-0.2, 0) is 9.47 Å². The van der Waals surface area contributed by atoms with Gasteiger partial charge in [-0.25, -0.2) is 0 Å². The van der Waals surface area contributed by atoms with Crippen LogP contribution in [0.4, 0.5) is 35.7 Å². The summed E-state index contributed by atoms with van der Waals surface area (Å²) in [7, 11) is 2.81. The summed E-state index contributed by atoms with van der Waals surface area (Å²) in [5.74, 6) is 0.346. The average Bonchev–Trinajstić information content (AvgIpc) is 2.72. The number of aromatic nitrogens is 6. The van der Waals surface area contributed by atoms with Crippen molar-refractivity contribution in [2.75, 3.05) is 73.5 Å². The fourth-order valence-corrected chi connectivity index (χ4v) is 1.93. The quantitative estimate of drug-likeness (QED) is 0.150. The van der Waals surface area contributed by atoms with Crippen LogP contribution in [0.3, 0.4) is 0 Å². The molecule has 0 spiro atoms. The van der Waals surface area contributed by atoms with E-state index in [1.807, 2.05) is 0 Å². The van der Waals surface area contributed by atoms with Crippen LogP contribution in [0.1, 0.15) is 0 Å². The first-order valence-corrected chi connectivity index (χ1v) is 8.42. The molecule has 0 radical (unpaired) electrons. The fraction of sp³-hybridized carbons (Fsp3) is 0.538. The molecule has 0 aromatic carbocycles. The highest BCUT2D eigenvalue weighted by Gasteiger charge is 2.20. The lowest BCUT2D eigenvalue weighted by atomic mass is 10.7. The minimum atomic E-state index is -0.841. The maximum atomic E-state index is 9.18. The van der Waals surface area contributed by atoms with Gasteiger partial charge in [0.2, 0.25) is 42.1 Å². The lowest BCUT2D eigenvalue weighted by Gasteiger charge is -2.26. The van der Waals surface area contributed by atoms with Gasteiger partial charge < -0.3 is 57.3 Å². The molecule has 31 heavy (non-hydrogen) atoms. The predicted molar refractivity (Wildman–Crippen MR) is 108 cm³/mol. The van der Waals surface area contributed by atoms with E-state index in [0.29, 0.717) is 0 Å². The predicted octanol–water partition coefficient (Wildman–Crippen LogP) is -3.67. The van der Waals surface area contributed by atoms with E-state index in [4.69, 9.17) is 36.3 Å². The number of hydrogen-bond acceptors (Lipinski definition) is 18. The second kappa shape index (κ2) is 13.7. The topological polar surface area (TPSA) is 268 Å². The Morgan fingerprint density at radius 2 is 1.13 bits per heavy atom. The summed E-state index contributed by atoms with van der Waals surface area (Å²) in [5.41, 5.74) is 10.8. The van der Waals surface area contributed by atoms with E-state index in [9.17, 15) is 5.11 Å². The van der Waals surface area contributed by atoms with Gasteiger partial charge in [0.1, 0.15) is 26.9 Å². The van der Waals surface area contributed by atoms with Crippen LogP contribution in [-0.4, -0.2) is 97.9 Å². The Bertz CT molecular complexity index is 702. The van der Waals surface area contributed by atoms with Crippen molar-refractivity contribution in [3.8, 4) is 0 Å². The standard InChI is InChI=1S/C7H14N6O3.C6H12N6O3/c1-15-7(16-2)13(3-14)6-11-4(8)10-5(9)12-6;13-1-7-4-10-5(8-2-14)12-6(11-4)9-3-15/h7,14H,3H2,1-2H3,(H4,8,9,10,11,12);13-15H,1-3H2,(H3,7,8,9,10,11,12). The number of nitrogens with one attached hydrogen (secondary N) is 3. The Morgan fingerprint density at radius 3 is 1.42 bits per heavy atom. The van der Waals surface area contributed by atoms with Gasteiger partial charge in [0.15, 0.2) is 0 Å². The molecule has 0 aliphatic heterocycles. The van der Waals surface area contributed by atoms with Gasteiger partial charge >= 0.3 is 0 Å². The summed E-state index contributed by atoms with van der Waals surface area (Å²) in [5, 5.41) is 42.4. The lowest BCUT2D eigenvalue weighted by molar-refractivity contribution is -0.110. The van der Waals surface area contributed by atoms with Crippen LogP contribution in [0.15, 0.2) is 0 Å². The Labute approximate surface area is 176 Å². The molecule has 0 aliphatic rings. The molecule has 2 aromatic heterocycles. The van der Waals surface area contributed by atoms with Crippen molar-refractivity contribution < 1.29 is 29.9 Å². The van der Waals surface area contributed by atoms with Gasteiger partial charge in [-0.05, 0) is 0 Å². The van der Waals surface area contributed by atoms with E-state index in [1.165, 1.54) is 19.1 Å². The molecule has 174 valence electrons. The lowest BCUT2D eigenvalue weighted by Crippen LogP contribution is -2.40. The number of aliphatic hydroxyl groups excluding tert-OH is 4. The van der Waals surface area contributed by atoms with Crippen LogP contribution < -0.4 is 32.3 Å². The molecule has 2 rings (SSSR count). The molecule has 11 N–H and O–H groups in total. The first kappa shape index (κ1) is 25.6. The maximum Gasteiger partial charge on any atom is 0.244 e. The minimum absolute atomic E-state index is 0.0492. The fourth-order valence-electron chi connectivity index (χ4n) is 1.93. The molecule has 0 saturated carbocycles. The number of nitrogens with zero attached hydrogens (tertiary/aromatic N) is 7. The largest absolute Gasteiger partial charge is 0.376 e. The van der Waals surface area contributed by atoms with E-state index in [0.717, 1.165) is 0 Å². The first-order valence-electron chi connectivity index (χ1n) is 8.42. The molecule has 0 unspecified atom stereocenters. The van der Waals surface area contributed by atoms with E-state index < -0.39 is 13.1 Å². The summed E-state index contributed by atoms with van der Waals surface area (Å²) >= 11 is 0. The van der Waals surface area contributed by atoms with Crippen molar-refractivity contribution in [1.29, 1.82) is 0 Å². The molecule has 2 heterocycles. The van der Waals surface area contributed by atoms with Crippen molar-refractivity contribution >= 4 is 35.7 Å². The van der Waals surface area contributed by atoms with Crippen molar-refractivity contribution in [1.82, 2.24) is 29.9 Å². The van der Waals surface area contributed by atoms with Gasteiger partial charge in [-0.1, -0.05) is 0 Å². The molecule has 0 fully saturated rings. The monoisotopic (exact) mass is 446 g/mol. The van der Waals surface area contributed by atoms with Gasteiger partial charge in [-0.2, -0.15) is 29.9 Å². The van der Waals surface area contributed by atoms with Crippen molar-refractivity contribution in [3.63, 3.8) is 0 Å². The highest BCUT2D eigenvalue weighted by atomic mass is 16.7. The number of aliphatic hydroxyl groups is 4. The molecule has 0 aliphatic carbocycles. The van der Waals surface area contributed by atoms with Crippen LogP contribution in [0.2, 0.25) is 0 Å². The van der Waals surface area contributed by atoms with Gasteiger partial charge in [-0.3, -0.25) is 4.90 Å². The number of ether oxygens (including phenoxy) is 2. The van der Waals surface area contributed by atoms with Gasteiger partial charge in [0.25, 0.3) is 0 Å². The second-order valence-electron chi connectivity index (χ2n) is 5.05. The van der Waals surface area contributed by atoms with Crippen LogP contribution >= 0.6 is 0 Å². The Morgan fingerprint density at radius 1 is 0.742 bits per heavy atom. The zero-order valence-electron chi connectivity index (χ0n) is 16.8. The number of hydrogen-bond donors (Lipinski definition) is 9. The highest BCUT2D eigenvalue weighted by Crippen LogP contribution is 2.13. The third-order valence-corrected chi connectivity index (χ3v) is 3.07. The number of methoxy groups -OCH3 is 2. The Kier molecular flexibility index (Phi) is 11.4. The van der Waals surface area contributed by atoms with E-state index >= 15 is 0 Å². The molecule has 0 atom stereocenters. The zero-order valence-corrected chi connectivity index (χ0v) is 16.8. The molecule has 18 nitrogen and oxygen atoms in total. The molecule has 18 heteroatoms. The number of nitrogens with two attached hydrogens (primary N) is 2. The normalized spacial score (nSPS) is 10.3. The summed E-state index contributed by atoms with van der Waals surface area (Å²) in [6, 6.07) is 0. The summed E-state index contributed by atoms with van der Waals surface area (Å²) < 4.78 is 9.90. The Balaban J connectivity index is 0.000000311. The molecule has 0 bridgehead atoms. The SMILES string of the molecule is COC(OC)N(CO)c1nc(N)nc(N)n1.OCNc1nc(NCO)nc(NCO)n1. The smallest absolute Gasteiger partial charge is 0.244 e. The van der Waals surface area contributed by atoms with Crippen molar-refractivity contribution in [3.05, 3.63) is 0 Å². The summed E-state index contributed by atoms with van der Waals surface area (Å²) in [6.45, 7) is -1.42. The number of anilines is 6. The summed E-state index contributed by atoms with van der Waals surface area (Å²) in [6.07, 6.45) is -0.841. The van der Waals surface area contributed by atoms with Crippen LogP contribution in [0.5, 0.6) is 0 Å². The molecular formula is C13H26N12O6. The first-order chi connectivity index (χ1) is 14.9. The third kappa shape index (κ3) is 8.46. The van der Waals surface area contributed by atoms with Crippen LogP contribution in [0.25, 0.3) is 0 Å². The van der Waals surface area contributed by atoms with E-state index in [2.05, 4.69) is 45.9 Å². The van der Waals surface area contributed by atoms with E-state index in [1.54, 1.807) is 0 Å². The average molecular weight is 446 g/mol. The summed E-state index contributed by atoms with van der Waals surface area (Å²) in [4.78, 5) is 23.9. The molecule has 2 aromatic rings. The van der Waals surface area contributed by atoms with Gasteiger partial charge in [0, 0.05) is 14.2 Å². The minimum Gasteiger partial charge on any atom is -0.376 e. The molecule has 0 amide bonds. The van der Waals surface area contributed by atoms with Crippen molar-refractivity contribution in [2.24, 2.45) is 0 Å². The van der Waals surface area contributed by atoms with Crippen molar-refractivity contribution in [2.45, 2.75) is 6.41 Å². The number of nitrogen functional groups attached to an aromatic ring is 2. The van der Waals surface area contributed by atoms with Gasteiger partial charge in [-0.15, -0.1) is 0 Å². The van der Waals surface area contributed by atoms with Gasteiger partial charge in [0.05, 0.1) is 0 Å². The van der Waals surface area contributed by atoms with Crippen LogP contribution in [0, 0.1) is 0 Å². The molecular weight excluding hydrogens is 420 g/mol.